The molecule has 0 aromatic heterocycles. The highest BCUT2D eigenvalue weighted by Gasteiger charge is 1.97. The molecular weight excluding hydrogens is 358 g/mol. The fraction of sp³-hybridized carbons (Fsp3) is 0.0909. The molecule has 0 spiro atoms. The van der Waals surface area contributed by atoms with E-state index in [2.05, 4.69) is 30.3 Å². The van der Waals surface area contributed by atoms with Crippen molar-refractivity contribution >= 4 is 23.8 Å². The van der Waals surface area contributed by atoms with Crippen LogP contribution in [0, 0.1) is 11.8 Å². The first kappa shape index (κ1) is 18.5. The molecule has 0 N–H and O–H groups in total. The van der Waals surface area contributed by atoms with Gasteiger partial charge in [-0.2, -0.15) is 0 Å². The zero-order chi connectivity index (χ0) is 18.2. The molecule has 3 aromatic carbocycles. The van der Waals surface area contributed by atoms with Crippen molar-refractivity contribution in [1.29, 1.82) is 0 Å². The highest BCUT2D eigenvalue weighted by molar-refractivity contribution is 7.27. The molecule has 4 heteroatoms. The largest absolute Gasteiger partial charge is 0.458 e. The van der Waals surface area contributed by atoms with Crippen molar-refractivity contribution in [1.82, 2.24) is 0 Å². The Labute approximate surface area is 159 Å². The van der Waals surface area contributed by atoms with E-state index in [0.717, 1.165) is 34.1 Å². The molecule has 0 heterocycles. The van der Waals surface area contributed by atoms with Gasteiger partial charge in [0.1, 0.15) is 11.5 Å². The molecule has 0 aliphatic heterocycles. The number of ether oxygens (including phenoxy) is 2. The van der Waals surface area contributed by atoms with Gasteiger partial charge in [-0.3, -0.25) is 0 Å². The van der Waals surface area contributed by atoms with E-state index in [1.54, 1.807) is 0 Å². The first-order valence-electron chi connectivity index (χ1n) is 8.25. The summed E-state index contributed by atoms with van der Waals surface area (Å²) in [6.07, 6.45) is 0.939. The fourth-order valence-electron chi connectivity index (χ4n) is 2.23. The highest BCUT2D eigenvalue weighted by atomic mass is 31.0. The molecule has 2 atom stereocenters. The van der Waals surface area contributed by atoms with Crippen LogP contribution in [0.3, 0.4) is 0 Å². The third-order valence-electron chi connectivity index (χ3n) is 3.73. The molecule has 0 saturated carbocycles. The molecule has 0 aliphatic rings. The molecule has 0 amide bonds. The van der Waals surface area contributed by atoms with Crippen molar-refractivity contribution in [3.05, 3.63) is 89.5 Å². The Morgan fingerprint density at radius 3 is 1.62 bits per heavy atom. The van der Waals surface area contributed by atoms with Gasteiger partial charge in [0, 0.05) is 11.1 Å². The Hall–Kier alpha value is -2.32. The highest BCUT2D eigenvalue weighted by Crippen LogP contribution is 2.16. The van der Waals surface area contributed by atoms with E-state index in [1.165, 1.54) is 5.56 Å². The summed E-state index contributed by atoms with van der Waals surface area (Å²) in [5, 5.41) is 1.15. The van der Waals surface area contributed by atoms with Crippen LogP contribution in [0.5, 0.6) is 11.5 Å². The molecule has 0 bridgehead atoms. The van der Waals surface area contributed by atoms with Crippen LogP contribution < -0.4 is 14.8 Å². The van der Waals surface area contributed by atoms with Crippen molar-refractivity contribution < 1.29 is 9.47 Å². The summed E-state index contributed by atoms with van der Waals surface area (Å²) < 4.78 is 11.2. The molecule has 0 aliphatic carbocycles. The number of benzene rings is 3. The van der Waals surface area contributed by atoms with Gasteiger partial charge in [0.05, 0.1) is 0 Å². The Balaban J connectivity index is 1.52. The summed E-state index contributed by atoms with van der Waals surface area (Å²) in [6.45, 7) is 0.173. The van der Waals surface area contributed by atoms with E-state index < -0.39 is 0 Å². The van der Waals surface area contributed by atoms with Crippen molar-refractivity contribution in [2.45, 2.75) is 6.16 Å². The minimum atomic E-state index is 0.173. The number of hydrogen-bond donors (Lipinski definition) is 0. The zero-order valence-corrected chi connectivity index (χ0v) is 16.6. The molecule has 0 saturated heterocycles. The van der Waals surface area contributed by atoms with Crippen LogP contribution in [0.25, 0.3) is 0 Å². The Bertz CT molecular complexity index is 890. The first-order valence-corrected chi connectivity index (χ1v) is 9.64. The lowest BCUT2D eigenvalue weighted by Crippen LogP contribution is -2.05. The van der Waals surface area contributed by atoms with Crippen LogP contribution in [0.15, 0.2) is 72.8 Å². The maximum atomic E-state index is 5.62. The Kier molecular flexibility index (Phi) is 6.68. The topological polar surface area (TPSA) is 18.5 Å². The lowest BCUT2D eigenvalue weighted by atomic mass is 10.2. The molecule has 3 rings (SSSR count). The second-order valence-electron chi connectivity index (χ2n) is 5.65. The minimum Gasteiger partial charge on any atom is -0.458 e. The van der Waals surface area contributed by atoms with E-state index >= 15 is 0 Å². The van der Waals surface area contributed by atoms with Gasteiger partial charge in [0.2, 0.25) is 6.79 Å². The van der Waals surface area contributed by atoms with Gasteiger partial charge in [-0.25, -0.2) is 0 Å². The summed E-state index contributed by atoms with van der Waals surface area (Å²) in [5.41, 5.74) is 3.20. The monoisotopic (exact) mass is 378 g/mol. The molecule has 0 radical (unpaired) electrons. The van der Waals surface area contributed by atoms with Crippen LogP contribution in [-0.4, -0.2) is 6.79 Å². The van der Waals surface area contributed by atoms with Crippen LogP contribution in [0.2, 0.25) is 0 Å². The van der Waals surface area contributed by atoms with E-state index in [1.807, 2.05) is 72.8 Å². The van der Waals surface area contributed by atoms with Gasteiger partial charge in [0.15, 0.2) is 0 Å². The predicted octanol–water partition coefficient (Wildman–Crippen LogP) is 4.38. The fourth-order valence-corrected chi connectivity index (χ4v) is 2.70. The van der Waals surface area contributed by atoms with E-state index in [9.17, 15) is 0 Å². The smallest absolute Gasteiger partial charge is 0.230 e. The van der Waals surface area contributed by atoms with Gasteiger partial charge in [-0.15, -0.1) is 18.5 Å². The third kappa shape index (κ3) is 5.60. The van der Waals surface area contributed by atoms with E-state index in [4.69, 9.17) is 9.47 Å². The SMILES string of the molecule is PCc1ccc(OCOc2ccc(C#Cc3ccc(P)cc3)cc2)cc1. The summed E-state index contributed by atoms with van der Waals surface area (Å²) in [6, 6.07) is 23.8. The van der Waals surface area contributed by atoms with Crippen LogP contribution in [0.4, 0.5) is 0 Å². The molecule has 2 nitrogen and oxygen atoms in total. The quantitative estimate of drug-likeness (QED) is 0.373. The van der Waals surface area contributed by atoms with E-state index in [0.29, 0.717) is 0 Å². The lowest BCUT2D eigenvalue weighted by Gasteiger charge is -2.09. The average Bonchev–Trinajstić information content (AvgIpc) is 2.69. The van der Waals surface area contributed by atoms with Crippen LogP contribution >= 0.6 is 18.5 Å². The molecular formula is C22H20O2P2. The second-order valence-corrected chi connectivity index (χ2v) is 6.73. The van der Waals surface area contributed by atoms with Gasteiger partial charge < -0.3 is 9.47 Å². The lowest BCUT2D eigenvalue weighted by molar-refractivity contribution is 0.120. The summed E-state index contributed by atoms with van der Waals surface area (Å²) in [4.78, 5) is 0. The molecule has 0 fully saturated rings. The summed E-state index contributed by atoms with van der Waals surface area (Å²) in [5.74, 6) is 7.86. The van der Waals surface area contributed by atoms with Gasteiger partial charge in [-0.05, 0) is 65.6 Å². The first-order chi connectivity index (χ1) is 12.7. The van der Waals surface area contributed by atoms with Crippen LogP contribution in [0.1, 0.15) is 16.7 Å². The standard InChI is InChI=1S/C22H20O2P2/c25-15-19-5-11-21(12-6-19)24-16-23-20-9-3-17(4-10-20)1-2-18-7-13-22(26)14-8-18/h3-14H,15-16,25-26H2. The maximum absolute atomic E-state index is 5.62. The minimum absolute atomic E-state index is 0.173. The third-order valence-corrected chi connectivity index (χ3v) is 4.58. The van der Waals surface area contributed by atoms with Gasteiger partial charge >= 0.3 is 0 Å². The predicted molar refractivity (Wildman–Crippen MR) is 114 cm³/mol. The average molecular weight is 378 g/mol. The maximum Gasteiger partial charge on any atom is 0.230 e. The molecule has 26 heavy (non-hydrogen) atoms. The number of rotatable bonds is 5. The van der Waals surface area contributed by atoms with Crippen LogP contribution in [-0.2, 0) is 6.16 Å². The van der Waals surface area contributed by atoms with Crippen molar-refractivity contribution in [3.63, 3.8) is 0 Å². The molecule has 3 aromatic rings. The second kappa shape index (κ2) is 9.40. The van der Waals surface area contributed by atoms with Crippen molar-refractivity contribution in [3.8, 4) is 23.3 Å². The molecule has 130 valence electrons. The van der Waals surface area contributed by atoms with E-state index in [-0.39, 0.29) is 6.79 Å². The molecule has 2 unspecified atom stereocenters. The van der Waals surface area contributed by atoms with Crippen molar-refractivity contribution in [2.24, 2.45) is 0 Å². The Morgan fingerprint density at radius 1 is 0.654 bits per heavy atom. The van der Waals surface area contributed by atoms with Crippen molar-refractivity contribution in [2.75, 3.05) is 6.79 Å². The summed E-state index contributed by atoms with van der Waals surface area (Å²) >= 11 is 0. The summed E-state index contributed by atoms with van der Waals surface area (Å²) in [7, 11) is 5.37. The normalized spacial score (nSPS) is 9.92. The number of hydrogen-bond acceptors (Lipinski definition) is 2. The van der Waals surface area contributed by atoms with Gasteiger partial charge in [-0.1, -0.05) is 36.1 Å². The zero-order valence-electron chi connectivity index (χ0n) is 14.3. The Morgan fingerprint density at radius 2 is 1.12 bits per heavy atom. The van der Waals surface area contributed by atoms with Gasteiger partial charge in [0.25, 0.3) is 0 Å².